The summed E-state index contributed by atoms with van der Waals surface area (Å²) in [5.74, 6) is -1.61. The number of nitrogens with one attached hydrogen (secondary N) is 2. The van der Waals surface area contributed by atoms with Crippen molar-refractivity contribution in [1.82, 2.24) is 0 Å². The molecule has 0 radical (unpaired) electrons. The Hall–Kier alpha value is -2.86. The number of nitrogens with two attached hydrogens (primary N) is 2. The molecule has 1 aromatic carbocycles. The highest BCUT2D eigenvalue weighted by Gasteiger charge is 2.30. The van der Waals surface area contributed by atoms with Crippen molar-refractivity contribution in [2.45, 2.75) is 23.3 Å². The summed E-state index contributed by atoms with van der Waals surface area (Å²) < 4.78 is 0. The predicted octanol–water partition coefficient (Wildman–Crippen LogP) is 0.257. The molecule has 6 N–H and O–H groups in total. The molecular weight excluding hydrogens is 404 g/mol. The van der Waals surface area contributed by atoms with E-state index in [0.29, 0.717) is 11.4 Å². The van der Waals surface area contributed by atoms with Crippen molar-refractivity contribution >= 4 is 68.9 Å². The second-order valence-electron chi connectivity index (χ2n) is 5.87. The van der Waals surface area contributed by atoms with Gasteiger partial charge < -0.3 is 22.1 Å². The molecule has 28 heavy (non-hydrogen) atoms. The fourth-order valence-corrected chi connectivity index (χ4v) is 4.14. The van der Waals surface area contributed by atoms with Gasteiger partial charge in [0.05, 0.1) is 0 Å². The second-order valence-corrected chi connectivity index (χ2v) is 8.32. The summed E-state index contributed by atoms with van der Waals surface area (Å²) in [6, 6.07) is 6.51. The number of carbonyl (C=O) groups excluding carboxylic acids is 4. The summed E-state index contributed by atoms with van der Waals surface area (Å²) >= 11 is 2.10. The minimum atomic E-state index is -0.626. The first-order valence-electron chi connectivity index (χ1n) is 8.09. The number of aliphatic imine (C=N–C) groups is 2. The van der Waals surface area contributed by atoms with Gasteiger partial charge in [-0.3, -0.25) is 19.2 Å². The lowest BCUT2D eigenvalue weighted by Crippen LogP contribution is -2.22. The number of thioether (sulfide) groups is 2. The van der Waals surface area contributed by atoms with Gasteiger partial charge in [-0.15, -0.1) is 0 Å². The van der Waals surface area contributed by atoms with Gasteiger partial charge in [-0.1, -0.05) is 29.6 Å². The van der Waals surface area contributed by atoms with Crippen LogP contribution in [0.2, 0.25) is 0 Å². The Morgan fingerprint density at radius 1 is 0.893 bits per heavy atom. The summed E-state index contributed by atoms with van der Waals surface area (Å²) in [7, 11) is 0. The lowest BCUT2D eigenvalue weighted by Gasteiger charge is -2.11. The third kappa shape index (κ3) is 5.10. The third-order valence-corrected chi connectivity index (χ3v) is 5.66. The fourth-order valence-electron chi connectivity index (χ4n) is 2.50. The van der Waals surface area contributed by atoms with Crippen molar-refractivity contribution in [3.05, 3.63) is 24.3 Å². The molecule has 2 atom stereocenters. The third-order valence-electron chi connectivity index (χ3n) is 3.69. The van der Waals surface area contributed by atoms with Crippen LogP contribution in [0.1, 0.15) is 12.8 Å². The minimum Gasteiger partial charge on any atom is -0.378 e. The molecule has 0 aliphatic carbocycles. The SMILES string of the molecule is NC1=NC(=O)C(CC(=O)Nc2cccc(NC(=O)CC3SC(N)=NC3=O)c2)S1. The topological polar surface area (TPSA) is 169 Å². The van der Waals surface area contributed by atoms with E-state index in [2.05, 4.69) is 20.6 Å². The lowest BCUT2D eigenvalue weighted by molar-refractivity contribution is -0.121. The van der Waals surface area contributed by atoms with Crippen molar-refractivity contribution in [3.8, 4) is 0 Å². The maximum Gasteiger partial charge on any atom is 0.262 e. The molecule has 3 rings (SSSR count). The first-order valence-corrected chi connectivity index (χ1v) is 9.85. The standard InChI is InChI=1S/C16H16N6O4S2/c17-15-21-13(25)9(27-15)5-11(23)19-7-2-1-3-8(4-7)20-12(24)6-10-14(26)22-16(18)28-10/h1-4,9-10H,5-6H2,(H,19,23)(H,20,24)(H2,17,21,25)(H2,18,22,26). The van der Waals surface area contributed by atoms with Crippen molar-refractivity contribution in [2.24, 2.45) is 21.5 Å². The number of benzene rings is 1. The summed E-state index contributed by atoms with van der Waals surface area (Å²) in [6.45, 7) is 0. The number of nitrogens with zero attached hydrogens (tertiary/aromatic N) is 2. The van der Waals surface area contributed by atoms with Crippen molar-refractivity contribution < 1.29 is 19.2 Å². The van der Waals surface area contributed by atoms with Gasteiger partial charge in [-0.25, -0.2) is 0 Å². The molecule has 0 aromatic heterocycles. The van der Waals surface area contributed by atoms with Crippen molar-refractivity contribution in [3.63, 3.8) is 0 Å². The van der Waals surface area contributed by atoms with Crippen LogP contribution in [-0.4, -0.2) is 44.5 Å². The molecule has 2 heterocycles. The molecule has 0 bridgehead atoms. The Morgan fingerprint density at radius 2 is 1.32 bits per heavy atom. The Balaban J connectivity index is 1.52. The van der Waals surface area contributed by atoms with E-state index in [-0.39, 0.29) is 35.0 Å². The fraction of sp³-hybridized carbons (Fsp3) is 0.250. The highest BCUT2D eigenvalue weighted by Crippen LogP contribution is 2.25. The van der Waals surface area contributed by atoms with E-state index in [9.17, 15) is 19.2 Å². The van der Waals surface area contributed by atoms with E-state index < -0.39 is 22.3 Å². The van der Waals surface area contributed by atoms with E-state index in [1.54, 1.807) is 24.3 Å². The van der Waals surface area contributed by atoms with Crippen LogP contribution in [-0.2, 0) is 19.2 Å². The molecule has 2 unspecified atom stereocenters. The Labute approximate surface area is 168 Å². The van der Waals surface area contributed by atoms with Gasteiger partial charge in [0.15, 0.2) is 10.3 Å². The summed E-state index contributed by atoms with van der Waals surface area (Å²) in [6.07, 6.45) is -0.126. The van der Waals surface area contributed by atoms with E-state index >= 15 is 0 Å². The summed E-state index contributed by atoms with van der Waals surface area (Å²) in [4.78, 5) is 54.6. The maximum atomic E-state index is 12.1. The second kappa shape index (κ2) is 8.44. The zero-order valence-corrected chi connectivity index (χ0v) is 16.0. The van der Waals surface area contributed by atoms with Gasteiger partial charge >= 0.3 is 0 Å². The highest BCUT2D eigenvalue weighted by molar-refractivity contribution is 8.15. The summed E-state index contributed by atoms with van der Waals surface area (Å²) in [5.41, 5.74) is 11.8. The van der Waals surface area contributed by atoms with Crippen LogP contribution in [0.5, 0.6) is 0 Å². The molecule has 2 aliphatic rings. The van der Waals surface area contributed by atoms with Gasteiger partial charge in [0.2, 0.25) is 11.8 Å². The molecule has 0 saturated carbocycles. The maximum absolute atomic E-state index is 12.1. The van der Waals surface area contributed by atoms with Crippen LogP contribution < -0.4 is 22.1 Å². The van der Waals surface area contributed by atoms with Crippen molar-refractivity contribution in [2.75, 3.05) is 10.6 Å². The van der Waals surface area contributed by atoms with Crippen LogP contribution in [0.15, 0.2) is 34.3 Å². The van der Waals surface area contributed by atoms with Crippen LogP contribution >= 0.6 is 23.5 Å². The molecule has 2 aliphatic heterocycles. The predicted molar refractivity (Wildman–Crippen MR) is 109 cm³/mol. The van der Waals surface area contributed by atoms with Crippen LogP contribution in [0.3, 0.4) is 0 Å². The van der Waals surface area contributed by atoms with Gasteiger partial charge in [0, 0.05) is 24.2 Å². The number of amides is 4. The quantitative estimate of drug-likeness (QED) is 0.508. The molecule has 10 nitrogen and oxygen atoms in total. The van der Waals surface area contributed by atoms with Gasteiger partial charge in [-0.05, 0) is 18.2 Å². The number of anilines is 2. The number of carbonyl (C=O) groups is 4. The van der Waals surface area contributed by atoms with E-state index in [1.807, 2.05) is 0 Å². The molecule has 0 fully saturated rings. The zero-order valence-electron chi connectivity index (χ0n) is 14.4. The molecule has 12 heteroatoms. The van der Waals surface area contributed by atoms with E-state index in [0.717, 1.165) is 23.5 Å². The smallest absolute Gasteiger partial charge is 0.262 e. The summed E-state index contributed by atoms with van der Waals surface area (Å²) in [5, 5.41) is 4.38. The average Bonchev–Trinajstić information content (AvgIpc) is 3.07. The number of hydrogen-bond donors (Lipinski definition) is 4. The largest absolute Gasteiger partial charge is 0.378 e. The van der Waals surface area contributed by atoms with Gasteiger partial charge in [0.1, 0.15) is 10.5 Å². The zero-order chi connectivity index (χ0) is 20.3. The van der Waals surface area contributed by atoms with Gasteiger partial charge in [0.25, 0.3) is 11.8 Å². The Bertz CT molecular complexity index is 847. The molecule has 1 aromatic rings. The number of hydrogen-bond acceptors (Lipinski definition) is 8. The van der Waals surface area contributed by atoms with Crippen LogP contribution in [0.25, 0.3) is 0 Å². The van der Waals surface area contributed by atoms with Crippen LogP contribution in [0.4, 0.5) is 11.4 Å². The molecule has 0 spiro atoms. The number of rotatable bonds is 6. The highest BCUT2D eigenvalue weighted by atomic mass is 32.2. The average molecular weight is 420 g/mol. The Morgan fingerprint density at radius 3 is 1.68 bits per heavy atom. The van der Waals surface area contributed by atoms with Gasteiger partial charge in [-0.2, -0.15) is 9.98 Å². The van der Waals surface area contributed by atoms with E-state index in [4.69, 9.17) is 11.5 Å². The first-order chi connectivity index (χ1) is 13.3. The molecule has 146 valence electrons. The monoisotopic (exact) mass is 420 g/mol. The number of amidine groups is 2. The normalized spacial score (nSPS) is 21.3. The minimum absolute atomic E-state index is 0.0628. The lowest BCUT2D eigenvalue weighted by atomic mass is 10.2. The van der Waals surface area contributed by atoms with E-state index in [1.165, 1.54) is 0 Å². The Kier molecular flexibility index (Phi) is 5.99. The molecule has 0 saturated heterocycles. The van der Waals surface area contributed by atoms with Crippen molar-refractivity contribution in [1.29, 1.82) is 0 Å². The van der Waals surface area contributed by atoms with Crippen LogP contribution in [0, 0.1) is 0 Å². The molecule has 4 amide bonds. The first kappa shape index (κ1) is 19.9. The molecular formula is C16H16N6O4S2.